The Bertz CT molecular complexity index is 216. The highest BCUT2D eigenvalue weighted by Gasteiger charge is 1.82. The number of rotatable bonds is 1. The first-order valence-corrected chi connectivity index (χ1v) is 3.21. The zero-order valence-corrected chi connectivity index (χ0v) is 4.91. The Morgan fingerprint density at radius 1 is 1.12 bits per heavy atom. The zero-order chi connectivity index (χ0) is 5.98. The maximum atomic E-state index is 10.1. The van der Waals surface area contributed by atoms with E-state index in [1.54, 1.807) is 12.1 Å². The summed E-state index contributed by atoms with van der Waals surface area (Å²) >= 11 is 0. The van der Waals surface area contributed by atoms with Gasteiger partial charge in [0.15, 0.2) is 0 Å². The molecule has 0 fully saturated rings. The van der Waals surface area contributed by atoms with Gasteiger partial charge in [-0.3, -0.25) is 3.97 Å². The van der Waals surface area contributed by atoms with Crippen molar-refractivity contribution in [2.45, 2.75) is 0 Å². The van der Waals surface area contributed by atoms with Crippen molar-refractivity contribution in [3.8, 4) is 0 Å². The van der Waals surface area contributed by atoms with Crippen LogP contribution in [0.2, 0.25) is 0 Å². The SMILES string of the molecule is O=[SH](=O)n1cccc1. The molecule has 0 saturated carbocycles. The number of thiol groups is 1. The van der Waals surface area contributed by atoms with Crippen LogP contribution in [0.3, 0.4) is 0 Å². The van der Waals surface area contributed by atoms with Gasteiger partial charge in [-0.1, -0.05) is 0 Å². The second kappa shape index (κ2) is 2.00. The summed E-state index contributed by atoms with van der Waals surface area (Å²) in [5.74, 6) is 0. The second-order valence-corrected chi connectivity index (χ2v) is 2.24. The minimum Gasteiger partial charge on any atom is -0.255 e. The van der Waals surface area contributed by atoms with Gasteiger partial charge in [-0.2, -0.15) is 0 Å². The van der Waals surface area contributed by atoms with Crippen molar-refractivity contribution >= 4 is 10.9 Å². The average Bonchev–Trinajstić information content (AvgIpc) is 2.12. The van der Waals surface area contributed by atoms with E-state index in [0.717, 1.165) is 3.97 Å². The van der Waals surface area contributed by atoms with Crippen molar-refractivity contribution in [2.24, 2.45) is 0 Å². The van der Waals surface area contributed by atoms with Gasteiger partial charge in [0.25, 0.3) is 0 Å². The molecule has 0 aliphatic rings. The van der Waals surface area contributed by atoms with E-state index in [9.17, 15) is 8.42 Å². The molecule has 0 aromatic carbocycles. The smallest absolute Gasteiger partial charge is 0.228 e. The fourth-order valence-electron chi connectivity index (χ4n) is 0.434. The molecular weight excluding hydrogens is 126 g/mol. The van der Waals surface area contributed by atoms with Crippen molar-refractivity contribution in [3.05, 3.63) is 24.5 Å². The second-order valence-electron chi connectivity index (χ2n) is 1.30. The highest BCUT2D eigenvalue weighted by molar-refractivity contribution is 7.70. The van der Waals surface area contributed by atoms with Crippen LogP contribution in [0.5, 0.6) is 0 Å². The van der Waals surface area contributed by atoms with Gasteiger partial charge in [0.05, 0.1) is 0 Å². The van der Waals surface area contributed by atoms with E-state index >= 15 is 0 Å². The summed E-state index contributed by atoms with van der Waals surface area (Å²) in [4.78, 5) is 0. The van der Waals surface area contributed by atoms with E-state index in [4.69, 9.17) is 0 Å². The predicted octanol–water partition coefficient (Wildman–Crippen LogP) is -0.137. The van der Waals surface area contributed by atoms with Crippen LogP contribution in [0.25, 0.3) is 0 Å². The highest BCUT2D eigenvalue weighted by atomic mass is 32.2. The molecule has 0 aliphatic carbocycles. The van der Waals surface area contributed by atoms with Crippen LogP contribution in [0, 0.1) is 0 Å². The molecule has 0 radical (unpaired) electrons. The van der Waals surface area contributed by atoms with Gasteiger partial charge < -0.3 is 0 Å². The van der Waals surface area contributed by atoms with Crippen LogP contribution in [0.1, 0.15) is 0 Å². The molecule has 0 unspecified atom stereocenters. The third-order valence-corrected chi connectivity index (χ3v) is 1.42. The minimum atomic E-state index is -2.44. The molecule has 0 saturated heterocycles. The molecule has 1 rings (SSSR count). The van der Waals surface area contributed by atoms with Gasteiger partial charge in [0.2, 0.25) is 10.9 Å². The number of hydrogen-bond acceptors (Lipinski definition) is 2. The number of nitrogens with zero attached hydrogens (tertiary/aromatic N) is 1. The summed E-state index contributed by atoms with van der Waals surface area (Å²) in [6.07, 6.45) is 2.96. The van der Waals surface area contributed by atoms with Gasteiger partial charge in [-0.05, 0) is 12.1 Å². The molecule has 1 heterocycles. The lowest BCUT2D eigenvalue weighted by Gasteiger charge is -1.81. The van der Waals surface area contributed by atoms with Crippen LogP contribution >= 0.6 is 0 Å². The summed E-state index contributed by atoms with van der Waals surface area (Å²) < 4.78 is 21.2. The van der Waals surface area contributed by atoms with Gasteiger partial charge in [0.1, 0.15) is 0 Å². The largest absolute Gasteiger partial charge is 0.255 e. The van der Waals surface area contributed by atoms with Crippen molar-refractivity contribution in [1.29, 1.82) is 0 Å². The Hall–Kier alpha value is -0.770. The first kappa shape index (κ1) is 5.37. The standard InChI is InChI=1S/C4H5NO2S/c6-8(7)5-3-1-2-4-5/h1-4,8H. The molecule has 1 aromatic heterocycles. The first-order valence-electron chi connectivity index (χ1n) is 2.08. The Morgan fingerprint density at radius 3 is 1.88 bits per heavy atom. The predicted molar refractivity (Wildman–Crippen MR) is 30.1 cm³/mol. The molecule has 0 aliphatic heterocycles. The van der Waals surface area contributed by atoms with E-state index in [-0.39, 0.29) is 0 Å². The lowest BCUT2D eigenvalue weighted by molar-refractivity contribution is 0.607. The molecule has 0 atom stereocenters. The topological polar surface area (TPSA) is 39.1 Å². The molecular formula is C4H5NO2S. The minimum absolute atomic E-state index is 1.12. The molecule has 1 aromatic rings. The Morgan fingerprint density at radius 2 is 1.62 bits per heavy atom. The Balaban J connectivity index is 3.11. The number of aromatic nitrogens is 1. The van der Waals surface area contributed by atoms with Crippen LogP contribution < -0.4 is 0 Å². The maximum absolute atomic E-state index is 10.1. The fourth-order valence-corrected chi connectivity index (χ4v) is 0.806. The van der Waals surface area contributed by atoms with Crippen LogP contribution in [0.15, 0.2) is 24.5 Å². The first-order chi connectivity index (χ1) is 3.80. The van der Waals surface area contributed by atoms with Gasteiger partial charge in [-0.25, -0.2) is 8.42 Å². The Kier molecular flexibility index (Phi) is 1.34. The van der Waals surface area contributed by atoms with E-state index in [2.05, 4.69) is 0 Å². The summed E-state index contributed by atoms with van der Waals surface area (Å²) in [5, 5.41) is 0. The van der Waals surface area contributed by atoms with Crippen molar-refractivity contribution in [3.63, 3.8) is 0 Å². The lowest BCUT2D eigenvalue weighted by atomic mass is 10.7. The Labute approximate surface area is 48.6 Å². The monoisotopic (exact) mass is 131 g/mol. The van der Waals surface area contributed by atoms with E-state index < -0.39 is 10.9 Å². The molecule has 0 amide bonds. The molecule has 0 spiro atoms. The number of hydrogen-bond donors (Lipinski definition) is 1. The summed E-state index contributed by atoms with van der Waals surface area (Å²) in [6.45, 7) is 0. The summed E-state index contributed by atoms with van der Waals surface area (Å²) in [7, 11) is -2.44. The maximum Gasteiger partial charge on any atom is 0.228 e. The van der Waals surface area contributed by atoms with Crippen molar-refractivity contribution in [1.82, 2.24) is 3.97 Å². The van der Waals surface area contributed by atoms with E-state index in [0.29, 0.717) is 0 Å². The average molecular weight is 131 g/mol. The summed E-state index contributed by atoms with van der Waals surface area (Å²) in [6, 6.07) is 3.32. The van der Waals surface area contributed by atoms with Crippen LogP contribution in [-0.4, -0.2) is 12.4 Å². The van der Waals surface area contributed by atoms with E-state index in [1.165, 1.54) is 12.4 Å². The molecule has 44 valence electrons. The van der Waals surface area contributed by atoms with Crippen molar-refractivity contribution < 1.29 is 8.42 Å². The molecule has 3 nitrogen and oxygen atoms in total. The highest BCUT2D eigenvalue weighted by Crippen LogP contribution is 1.85. The van der Waals surface area contributed by atoms with Gasteiger partial charge in [0, 0.05) is 12.4 Å². The molecule has 8 heavy (non-hydrogen) atoms. The quantitative estimate of drug-likeness (QED) is 0.539. The van der Waals surface area contributed by atoms with Gasteiger partial charge in [-0.15, -0.1) is 0 Å². The van der Waals surface area contributed by atoms with E-state index in [1.807, 2.05) is 0 Å². The zero-order valence-electron chi connectivity index (χ0n) is 4.02. The lowest BCUT2D eigenvalue weighted by Crippen LogP contribution is -1.88. The molecule has 0 bridgehead atoms. The molecule has 0 N–H and O–H groups in total. The molecule has 4 heteroatoms. The van der Waals surface area contributed by atoms with Crippen molar-refractivity contribution in [2.75, 3.05) is 0 Å². The van der Waals surface area contributed by atoms with Crippen LogP contribution in [0.4, 0.5) is 0 Å². The third-order valence-electron chi connectivity index (χ3n) is 0.777. The van der Waals surface area contributed by atoms with Gasteiger partial charge >= 0.3 is 0 Å². The fraction of sp³-hybridized carbons (Fsp3) is 0. The normalized spacial score (nSPS) is 10.1. The third kappa shape index (κ3) is 0.894. The van der Waals surface area contributed by atoms with Crippen LogP contribution in [-0.2, 0) is 10.9 Å². The summed E-state index contributed by atoms with van der Waals surface area (Å²) in [5.41, 5.74) is 0.